The topological polar surface area (TPSA) is 30.5 Å². The van der Waals surface area contributed by atoms with Crippen LogP contribution in [0, 0.1) is 0 Å². The SMILES string of the molecule is CCCNCc1cccc(OCOC)c1. The van der Waals surface area contributed by atoms with Crippen LogP contribution in [0.25, 0.3) is 0 Å². The number of methoxy groups -OCH3 is 1. The van der Waals surface area contributed by atoms with Crippen molar-refractivity contribution in [2.24, 2.45) is 0 Å². The third kappa shape index (κ3) is 4.81. The maximum atomic E-state index is 5.35. The van der Waals surface area contributed by atoms with Gasteiger partial charge in [-0.25, -0.2) is 0 Å². The fourth-order valence-electron chi connectivity index (χ4n) is 1.28. The van der Waals surface area contributed by atoms with E-state index in [0.29, 0.717) is 6.79 Å². The van der Waals surface area contributed by atoms with Crippen molar-refractivity contribution in [3.8, 4) is 5.75 Å². The van der Waals surface area contributed by atoms with E-state index >= 15 is 0 Å². The first-order valence-corrected chi connectivity index (χ1v) is 5.28. The molecule has 0 atom stereocenters. The number of hydrogen-bond donors (Lipinski definition) is 1. The maximum absolute atomic E-state index is 5.35. The summed E-state index contributed by atoms with van der Waals surface area (Å²) in [6.45, 7) is 4.39. The second-order valence-corrected chi connectivity index (χ2v) is 3.38. The monoisotopic (exact) mass is 209 g/mol. The van der Waals surface area contributed by atoms with Crippen LogP contribution in [0.4, 0.5) is 0 Å². The molecule has 0 aliphatic carbocycles. The molecule has 1 N–H and O–H groups in total. The number of rotatable bonds is 7. The van der Waals surface area contributed by atoms with E-state index < -0.39 is 0 Å². The van der Waals surface area contributed by atoms with E-state index in [9.17, 15) is 0 Å². The predicted octanol–water partition coefficient (Wildman–Crippen LogP) is 2.17. The molecule has 3 nitrogen and oxygen atoms in total. The van der Waals surface area contributed by atoms with Crippen LogP contribution in [-0.2, 0) is 11.3 Å². The van der Waals surface area contributed by atoms with Gasteiger partial charge in [-0.3, -0.25) is 0 Å². The molecule has 15 heavy (non-hydrogen) atoms. The van der Waals surface area contributed by atoms with Gasteiger partial charge in [0, 0.05) is 13.7 Å². The lowest BCUT2D eigenvalue weighted by Crippen LogP contribution is -2.13. The Kier molecular flexibility index (Phi) is 5.81. The van der Waals surface area contributed by atoms with E-state index in [0.717, 1.165) is 25.3 Å². The first-order chi connectivity index (χ1) is 7.36. The van der Waals surface area contributed by atoms with Gasteiger partial charge in [0.1, 0.15) is 5.75 Å². The summed E-state index contributed by atoms with van der Waals surface area (Å²) in [7, 11) is 1.62. The highest BCUT2D eigenvalue weighted by Crippen LogP contribution is 2.12. The standard InChI is InChI=1S/C12H19NO2/c1-3-7-13-9-11-5-4-6-12(8-11)15-10-14-2/h4-6,8,13H,3,7,9-10H2,1-2H3. The van der Waals surface area contributed by atoms with Gasteiger partial charge < -0.3 is 14.8 Å². The zero-order valence-corrected chi connectivity index (χ0v) is 9.45. The second kappa shape index (κ2) is 7.26. The largest absolute Gasteiger partial charge is 0.468 e. The molecule has 0 spiro atoms. The minimum atomic E-state index is 0.297. The van der Waals surface area contributed by atoms with Crippen LogP contribution in [0.3, 0.4) is 0 Å². The number of benzene rings is 1. The van der Waals surface area contributed by atoms with Crippen LogP contribution in [0.15, 0.2) is 24.3 Å². The third-order valence-electron chi connectivity index (χ3n) is 2.00. The van der Waals surface area contributed by atoms with Crippen LogP contribution in [0.5, 0.6) is 5.75 Å². The molecule has 1 rings (SSSR count). The van der Waals surface area contributed by atoms with Gasteiger partial charge in [-0.2, -0.15) is 0 Å². The molecular weight excluding hydrogens is 190 g/mol. The molecule has 0 aromatic heterocycles. The minimum Gasteiger partial charge on any atom is -0.468 e. The Morgan fingerprint density at radius 1 is 1.33 bits per heavy atom. The van der Waals surface area contributed by atoms with Crippen LogP contribution in [0.2, 0.25) is 0 Å². The Labute approximate surface area is 91.4 Å². The summed E-state index contributed by atoms with van der Waals surface area (Å²) in [5.74, 6) is 0.854. The molecule has 0 heterocycles. The van der Waals surface area contributed by atoms with Crippen LogP contribution < -0.4 is 10.1 Å². The summed E-state index contributed by atoms with van der Waals surface area (Å²) < 4.78 is 10.2. The van der Waals surface area contributed by atoms with Gasteiger partial charge >= 0.3 is 0 Å². The molecule has 0 unspecified atom stereocenters. The normalized spacial score (nSPS) is 10.3. The van der Waals surface area contributed by atoms with E-state index in [2.05, 4.69) is 18.3 Å². The van der Waals surface area contributed by atoms with Gasteiger partial charge in [-0.1, -0.05) is 19.1 Å². The van der Waals surface area contributed by atoms with Gasteiger partial charge in [0.2, 0.25) is 0 Å². The van der Waals surface area contributed by atoms with Crippen molar-refractivity contribution in [1.29, 1.82) is 0 Å². The van der Waals surface area contributed by atoms with Crippen LogP contribution in [0.1, 0.15) is 18.9 Å². The van der Waals surface area contributed by atoms with Gasteiger partial charge in [0.25, 0.3) is 0 Å². The second-order valence-electron chi connectivity index (χ2n) is 3.38. The summed E-state index contributed by atoms with van der Waals surface area (Å²) in [4.78, 5) is 0. The van der Waals surface area contributed by atoms with Crippen molar-refractivity contribution in [3.05, 3.63) is 29.8 Å². The predicted molar refractivity (Wildman–Crippen MR) is 60.9 cm³/mol. The van der Waals surface area contributed by atoms with E-state index in [-0.39, 0.29) is 0 Å². The van der Waals surface area contributed by atoms with Crippen molar-refractivity contribution < 1.29 is 9.47 Å². The van der Waals surface area contributed by atoms with E-state index in [1.165, 1.54) is 5.56 Å². The van der Waals surface area contributed by atoms with E-state index in [4.69, 9.17) is 9.47 Å². The highest BCUT2D eigenvalue weighted by atomic mass is 16.7. The van der Waals surface area contributed by atoms with Crippen molar-refractivity contribution >= 4 is 0 Å². The molecule has 84 valence electrons. The molecule has 0 bridgehead atoms. The van der Waals surface area contributed by atoms with Crippen molar-refractivity contribution in [2.45, 2.75) is 19.9 Å². The molecule has 1 aromatic carbocycles. The minimum absolute atomic E-state index is 0.297. The lowest BCUT2D eigenvalue weighted by atomic mass is 10.2. The van der Waals surface area contributed by atoms with Crippen molar-refractivity contribution in [3.63, 3.8) is 0 Å². The molecule has 0 saturated carbocycles. The Balaban J connectivity index is 2.42. The number of nitrogens with one attached hydrogen (secondary N) is 1. The Hall–Kier alpha value is -1.06. The molecule has 3 heteroatoms. The summed E-state index contributed by atoms with van der Waals surface area (Å²) >= 11 is 0. The number of ether oxygens (including phenoxy) is 2. The fraction of sp³-hybridized carbons (Fsp3) is 0.500. The highest BCUT2D eigenvalue weighted by molar-refractivity contribution is 5.28. The molecule has 0 amide bonds. The zero-order chi connectivity index (χ0) is 10.9. The summed E-state index contributed by atoms with van der Waals surface area (Å²) in [6, 6.07) is 8.04. The van der Waals surface area contributed by atoms with Crippen molar-refractivity contribution in [2.75, 3.05) is 20.4 Å². The Bertz CT molecular complexity index is 276. The highest BCUT2D eigenvalue weighted by Gasteiger charge is 1.96. The molecule has 0 aliphatic rings. The van der Waals surface area contributed by atoms with Crippen LogP contribution >= 0.6 is 0 Å². The summed E-state index contributed by atoms with van der Waals surface area (Å²) in [5, 5.41) is 3.35. The zero-order valence-electron chi connectivity index (χ0n) is 9.45. The maximum Gasteiger partial charge on any atom is 0.188 e. The third-order valence-corrected chi connectivity index (χ3v) is 2.00. The molecule has 0 saturated heterocycles. The van der Waals surface area contributed by atoms with Crippen LogP contribution in [-0.4, -0.2) is 20.4 Å². The summed E-state index contributed by atoms with van der Waals surface area (Å²) in [6.07, 6.45) is 1.15. The smallest absolute Gasteiger partial charge is 0.188 e. The van der Waals surface area contributed by atoms with Gasteiger partial charge in [0.05, 0.1) is 0 Å². The molecular formula is C12H19NO2. The van der Waals surface area contributed by atoms with Gasteiger partial charge in [-0.15, -0.1) is 0 Å². The Morgan fingerprint density at radius 3 is 2.93 bits per heavy atom. The molecule has 1 aromatic rings. The first-order valence-electron chi connectivity index (χ1n) is 5.28. The Morgan fingerprint density at radius 2 is 2.20 bits per heavy atom. The average molecular weight is 209 g/mol. The van der Waals surface area contributed by atoms with Crippen molar-refractivity contribution in [1.82, 2.24) is 5.32 Å². The molecule has 0 fully saturated rings. The first kappa shape index (κ1) is 12.0. The van der Waals surface area contributed by atoms with Gasteiger partial charge in [0.15, 0.2) is 6.79 Å². The molecule has 0 aliphatic heterocycles. The summed E-state index contributed by atoms with van der Waals surface area (Å²) in [5.41, 5.74) is 1.23. The quantitative estimate of drug-likeness (QED) is 0.551. The lowest BCUT2D eigenvalue weighted by Gasteiger charge is -2.07. The lowest BCUT2D eigenvalue weighted by molar-refractivity contribution is 0.0511. The average Bonchev–Trinajstić information content (AvgIpc) is 2.27. The fourth-order valence-corrected chi connectivity index (χ4v) is 1.28. The van der Waals surface area contributed by atoms with Gasteiger partial charge in [-0.05, 0) is 30.7 Å². The molecule has 0 radical (unpaired) electrons. The van der Waals surface area contributed by atoms with E-state index in [1.54, 1.807) is 7.11 Å². The van der Waals surface area contributed by atoms with E-state index in [1.807, 2.05) is 18.2 Å². The number of hydrogen-bond acceptors (Lipinski definition) is 3.